The molecule has 2 rings (SSSR count). The fourth-order valence-electron chi connectivity index (χ4n) is 1.86. The average molecular weight is 298 g/mol. The van der Waals surface area contributed by atoms with Gasteiger partial charge in [0.15, 0.2) is 0 Å². The Kier molecular flexibility index (Phi) is 4.05. The van der Waals surface area contributed by atoms with E-state index in [1.165, 1.54) is 0 Å². The standard InChI is InChI=1S/C13H16BrNO2/c1-2-9(14)7-15-13(16)11-8-17-12-6-4-3-5-10(11)12/h3-6,9,11H,2,7-8H2,1H3,(H,15,16). The van der Waals surface area contributed by atoms with Crippen molar-refractivity contribution in [1.82, 2.24) is 5.32 Å². The van der Waals surface area contributed by atoms with Gasteiger partial charge in [0, 0.05) is 16.9 Å². The average Bonchev–Trinajstić information content (AvgIpc) is 2.79. The van der Waals surface area contributed by atoms with E-state index >= 15 is 0 Å². The summed E-state index contributed by atoms with van der Waals surface area (Å²) in [5.74, 6) is 0.717. The van der Waals surface area contributed by atoms with Crippen LogP contribution in [0.2, 0.25) is 0 Å². The minimum Gasteiger partial charge on any atom is -0.492 e. The van der Waals surface area contributed by atoms with E-state index in [9.17, 15) is 4.79 Å². The van der Waals surface area contributed by atoms with E-state index in [1.54, 1.807) is 0 Å². The molecule has 0 bridgehead atoms. The molecule has 17 heavy (non-hydrogen) atoms. The predicted octanol–water partition coefficient (Wildman–Crippen LogP) is 2.45. The van der Waals surface area contributed by atoms with Crippen molar-refractivity contribution in [1.29, 1.82) is 0 Å². The van der Waals surface area contributed by atoms with Gasteiger partial charge in [0.05, 0.1) is 0 Å². The molecule has 1 aliphatic heterocycles. The third kappa shape index (κ3) is 2.80. The first-order chi connectivity index (χ1) is 8.22. The SMILES string of the molecule is CCC(Br)CNC(=O)C1COc2ccccc21. The molecule has 0 aromatic heterocycles. The highest BCUT2D eigenvalue weighted by Gasteiger charge is 2.29. The molecule has 0 saturated heterocycles. The Balaban J connectivity index is 1.98. The lowest BCUT2D eigenvalue weighted by Gasteiger charge is -2.12. The molecule has 2 atom stereocenters. The molecule has 0 spiro atoms. The Bertz CT molecular complexity index is 408. The molecule has 2 unspecified atom stereocenters. The summed E-state index contributed by atoms with van der Waals surface area (Å²) >= 11 is 3.50. The van der Waals surface area contributed by atoms with Gasteiger partial charge in [-0.25, -0.2) is 0 Å². The van der Waals surface area contributed by atoms with Crippen molar-refractivity contribution in [2.24, 2.45) is 0 Å². The summed E-state index contributed by atoms with van der Waals surface area (Å²) in [5.41, 5.74) is 0.993. The van der Waals surface area contributed by atoms with Crippen molar-refractivity contribution in [3.05, 3.63) is 29.8 Å². The Morgan fingerprint density at radius 2 is 2.35 bits per heavy atom. The maximum Gasteiger partial charge on any atom is 0.231 e. The van der Waals surface area contributed by atoms with E-state index in [4.69, 9.17) is 4.74 Å². The van der Waals surface area contributed by atoms with Gasteiger partial charge in [-0.05, 0) is 12.5 Å². The van der Waals surface area contributed by atoms with Crippen LogP contribution in [0.5, 0.6) is 5.75 Å². The summed E-state index contributed by atoms with van der Waals surface area (Å²) in [5, 5.41) is 2.95. The number of benzene rings is 1. The van der Waals surface area contributed by atoms with E-state index < -0.39 is 0 Å². The number of para-hydroxylation sites is 1. The largest absolute Gasteiger partial charge is 0.492 e. The number of rotatable bonds is 4. The number of carbonyl (C=O) groups excluding carboxylic acids is 1. The van der Waals surface area contributed by atoms with Gasteiger partial charge < -0.3 is 10.1 Å². The normalized spacial score (nSPS) is 19.3. The van der Waals surface area contributed by atoms with Crippen LogP contribution in [0.25, 0.3) is 0 Å². The Hall–Kier alpha value is -1.03. The maximum atomic E-state index is 12.0. The van der Waals surface area contributed by atoms with Crippen molar-refractivity contribution in [3.8, 4) is 5.75 Å². The number of alkyl halides is 1. The lowest BCUT2D eigenvalue weighted by Crippen LogP contribution is -2.34. The molecule has 1 aromatic rings. The van der Waals surface area contributed by atoms with Crippen LogP contribution in [0.4, 0.5) is 0 Å². The topological polar surface area (TPSA) is 38.3 Å². The van der Waals surface area contributed by atoms with E-state index in [0.717, 1.165) is 17.7 Å². The van der Waals surface area contributed by atoms with Crippen LogP contribution in [-0.2, 0) is 4.79 Å². The highest BCUT2D eigenvalue weighted by Crippen LogP contribution is 2.33. The van der Waals surface area contributed by atoms with Crippen molar-refractivity contribution in [3.63, 3.8) is 0 Å². The molecule has 0 aliphatic carbocycles. The Morgan fingerprint density at radius 3 is 3.12 bits per heavy atom. The van der Waals surface area contributed by atoms with Gasteiger partial charge in [0.2, 0.25) is 5.91 Å². The lowest BCUT2D eigenvalue weighted by molar-refractivity contribution is -0.122. The van der Waals surface area contributed by atoms with Gasteiger partial charge in [0.1, 0.15) is 18.3 Å². The summed E-state index contributed by atoms with van der Waals surface area (Å²) in [6, 6.07) is 7.72. The molecule has 0 fully saturated rings. The molecular weight excluding hydrogens is 282 g/mol. The second kappa shape index (κ2) is 5.54. The zero-order valence-corrected chi connectivity index (χ0v) is 11.4. The second-order valence-corrected chi connectivity index (χ2v) is 5.45. The number of hydrogen-bond donors (Lipinski definition) is 1. The fraction of sp³-hybridized carbons (Fsp3) is 0.462. The van der Waals surface area contributed by atoms with Crippen molar-refractivity contribution < 1.29 is 9.53 Å². The molecule has 0 saturated carbocycles. The van der Waals surface area contributed by atoms with Gasteiger partial charge in [-0.15, -0.1) is 0 Å². The molecule has 1 aliphatic rings. The van der Waals surface area contributed by atoms with Crippen LogP contribution in [0.1, 0.15) is 24.8 Å². The van der Waals surface area contributed by atoms with Crippen LogP contribution in [0, 0.1) is 0 Å². The van der Waals surface area contributed by atoms with E-state index in [-0.39, 0.29) is 11.8 Å². The van der Waals surface area contributed by atoms with Gasteiger partial charge in [-0.2, -0.15) is 0 Å². The number of nitrogens with one attached hydrogen (secondary N) is 1. The fourth-order valence-corrected chi connectivity index (χ4v) is 2.02. The Morgan fingerprint density at radius 1 is 1.59 bits per heavy atom. The number of halogens is 1. The van der Waals surface area contributed by atoms with Crippen molar-refractivity contribution in [2.45, 2.75) is 24.1 Å². The van der Waals surface area contributed by atoms with Gasteiger partial charge in [0.25, 0.3) is 0 Å². The summed E-state index contributed by atoms with van der Waals surface area (Å²) in [7, 11) is 0. The monoisotopic (exact) mass is 297 g/mol. The third-order valence-electron chi connectivity index (χ3n) is 2.96. The number of carbonyl (C=O) groups is 1. The first-order valence-corrected chi connectivity index (χ1v) is 6.77. The zero-order chi connectivity index (χ0) is 12.3. The van der Waals surface area contributed by atoms with Crippen LogP contribution in [0.3, 0.4) is 0 Å². The molecular formula is C13H16BrNO2. The highest BCUT2D eigenvalue weighted by atomic mass is 79.9. The van der Waals surface area contributed by atoms with Gasteiger partial charge in [-0.3, -0.25) is 4.79 Å². The second-order valence-electron chi connectivity index (χ2n) is 4.15. The van der Waals surface area contributed by atoms with Gasteiger partial charge in [-0.1, -0.05) is 41.1 Å². The molecule has 1 N–H and O–H groups in total. The van der Waals surface area contributed by atoms with E-state index in [0.29, 0.717) is 18.0 Å². The molecule has 0 radical (unpaired) electrons. The molecule has 1 heterocycles. The van der Waals surface area contributed by atoms with Crippen LogP contribution in [-0.4, -0.2) is 23.9 Å². The minimum absolute atomic E-state index is 0.0489. The summed E-state index contributed by atoms with van der Waals surface area (Å²) in [6.45, 7) is 3.19. The zero-order valence-electron chi connectivity index (χ0n) is 9.78. The Labute approximate surface area is 110 Å². The summed E-state index contributed by atoms with van der Waals surface area (Å²) < 4.78 is 5.49. The lowest BCUT2D eigenvalue weighted by atomic mass is 10.0. The first kappa shape index (κ1) is 12.4. The smallest absolute Gasteiger partial charge is 0.231 e. The van der Waals surface area contributed by atoms with Crippen LogP contribution < -0.4 is 10.1 Å². The number of fused-ring (bicyclic) bond motifs is 1. The highest BCUT2D eigenvalue weighted by molar-refractivity contribution is 9.09. The number of hydrogen-bond acceptors (Lipinski definition) is 2. The molecule has 1 aromatic carbocycles. The van der Waals surface area contributed by atoms with Crippen LogP contribution in [0.15, 0.2) is 24.3 Å². The van der Waals surface area contributed by atoms with Crippen LogP contribution >= 0.6 is 15.9 Å². The number of ether oxygens (including phenoxy) is 1. The third-order valence-corrected chi connectivity index (χ3v) is 3.93. The molecule has 92 valence electrons. The van der Waals surface area contributed by atoms with E-state index in [1.807, 2.05) is 24.3 Å². The van der Waals surface area contributed by atoms with Crippen molar-refractivity contribution >= 4 is 21.8 Å². The summed E-state index contributed by atoms with van der Waals surface area (Å²) in [4.78, 5) is 12.4. The van der Waals surface area contributed by atoms with Gasteiger partial charge >= 0.3 is 0 Å². The summed E-state index contributed by atoms with van der Waals surface area (Å²) in [6.07, 6.45) is 0.998. The first-order valence-electron chi connectivity index (χ1n) is 5.86. The quantitative estimate of drug-likeness (QED) is 0.867. The molecule has 4 heteroatoms. The maximum absolute atomic E-state index is 12.0. The van der Waals surface area contributed by atoms with E-state index in [2.05, 4.69) is 28.2 Å². The molecule has 3 nitrogen and oxygen atoms in total. The number of amides is 1. The predicted molar refractivity (Wildman–Crippen MR) is 70.7 cm³/mol. The van der Waals surface area contributed by atoms with Crippen molar-refractivity contribution in [2.75, 3.05) is 13.2 Å². The minimum atomic E-state index is -0.164. The molecule has 1 amide bonds.